The molecule has 2 heterocycles. The number of rotatable bonds is 4. The standard InChI is InChI=1S/C27H45N3O2/c1-21(2)24-4-6-25(7-5-24)26(32)30-18-16-28(17-19-30)20-23-8-10-27(11-9-23)12-14-29(15-13-27)22(3)31/h4,21,23,25H,5-20H2,1-3H3. The highest BCUT2D eigenvalue weighted by Gasteiger charge is 2.39. The highest BCUT2D eigenvalue weighted by atomic mass is 16.2. The molecule has 0 aromatic carbocycles. The third-order valence-corrected chi connectivity index (χ3v) is 9.17. The molecule has 0 radical (unpaired) electrons. The lowest BCUT2D eigenvalue weighted by atomic mass is 9.65. The highest BCUT2D eigenvalue weighted by molar-refractivity contribution is 5.79. The number of carbonyl (C=O) groups excluding carboxylic acids is 2. The molecule has 4 rings (SSSR count). The van der Waals surface area contributed by atoms with Gasteiger partial charge < -0.3 is 9.80 Å². The van der Waals surface area contributed by atoms with Gasteiger partial charge in [-0.2, -0.15) is 0 Å². The molecule has 2 saturated heterocycles. The van der Waals surface area contributed by atoms with Crippen LogP contribution in [0.5, 0.6) is 0 Å². The van der Waals surface area contributed by atoms with Gasteiger partial charge in [-0.3, -0.25) is 14.5 Å². The van der Waals surface area contributed by atoms with E-state index in [1.165, 1.54) is 50.6 Å². The lowest BCUT2D eigenvalue weighted by Gasteiger charge is -2.47. The van der Waals surface area contributed by atoms with Crippen LogP contribution in [0.25, 0.3) is 0 Å². The Kier molecular flexibility index (Phi) is 7.64. The lowest BCUT2D eigenvalue weighted by Crippen LogP contribution is -2.51. The Morgan fingerprint density at radius 3 is 2.12 bits per heavy atom. The number of carbonyl (C=O) groups is 2. The number of nitrogens with zero attached hydrogens (tertiary/aromatic N) is 3. The zero-order valence-electron chi connectivity index (χ0n) is 20.8. The van der Waals surface area contributed by atoms with Crippen LogP contribution >= 0.6 is 0 Å². The van der Waals surface area contributed by atoms with Crippen LogP contribution in [0.2, 0.25) is 0 Å². The Morgan fingerprint density at radius 2 is 1.59 bits per heavy atom. The maximum Gasteiger partial charge on any atom is 0.226 e. The summed E-state index contributed by atoms with van der Waals surface area (Å²) in [6, 6.07) is 0. The van der Waals surface area contributed by atoms with Gasteiger partial charge in [-0.25, -0.2) is 0 Å². The zero-order chi connectivity index (χ0) is 22.7. The normalized spacial score (nSPS) is 27.6. The molecule has 1 atom stereocenters. The number of likely N-dealkylation sites (tertiary alicyclic amines) is 1. The van der Waals surface area contributed by atoms with Crippen molar-refractivity contribution >= 4 is 11.8 Å². The molecule has 5 nitrogen and oxygen atoms in total. The van der Waals surface area contributed by atoms with E-state index in [1.807, 2.05) is 4.90 Å². The summed E-state index contributed by atoms with van der Waals surface area (Å²) >= 11 is 0. The summed E-state index contributed by atoms with van der Waals surface area (Å²) in [5.41, 5.74) is 2.05. The van der Waals surface area contributed by atoms with Crippen LogP contribution in [-0.2, 0) is 9.59 Å². The second-order valence-corrected chi connectivity index (χ2v) is 11.5. The van der Waals surface area contributed by atoms with E-state index in [0.29, 0.717) is 17.2 Å². The van der Waals surface area contributed by atoms with Crippen molar-refractivity contribution in [1.82, 2.24) is 14.7 Å². The second kappa shape index (κ2) is 10.3. The predicted octanol–water partition coefficient (Wildman–Crippen LogP) is 4.33. The minimum Gasteiger partial charge on any atom is -0.343 e. The molecule has 2 amide bonds. The largest absolute Gasteiger partial charge is 0.343 e. The van der Waals surface area contributed by atoms with Crippen molar-refractivity contribution in [2.45, 2.75) is 78.6 Å². The number of piperidine rings is 1. The molecular formula is C27H45N3O2. The van der Waals surface area contributed by atoms with E-state index < -0.39 is 0 Å². The van der Waals surface area contributed by atoms with Gasteiger partial charge >= 0.3 is 0 Å². The van der Waals surface area contributed by atoms with Crippen molar-refractivity contribution < 1.29 is 9.59 Å². The van der Waals surface area contributed by atoms with E-state index in [2.05, 4.69) is 29.7 Å². The molecule has 32 heavy (non-hydrogen) atoms. The Hall–Kier alpha value is -1.36. The first-order valence-corrected chi connectivity index (χ1v) is 13.3. The summed E-state index contributed by atoms with van der Waals surface area (Å²) in [6.45, 7) is 13.3. The Balaban J connectivity index is 1.16. The van der Waals surface area contributed by atoms with Crippen LogP contribution in [0.15, 0.2) is 11.6 Å². The van der Waals surface area contributed by atoms with E-state index >= 15 is 0 Å². The monoisotopic (exact) mass is 443 g/mol. The summed E-state index contributed by atoms with van der Waals surface area (Å²) in [7, 11) is 0. The molecule has 1 unspecified atom stereocenters. The smallest absolute Gasteiger partial charge is 0.226 e. The molecule has 0 aromatic heterocycles. The van der Waals surface area contributed by atoms with Crippen molar-refractivity contribution in [2.24, 2.45) is 23.2 Å². The molecule has 3 fully saturated rings. The molecule has 0 bridgehead atoms. The van der Waals surface area contributed by atoms with Gasteiger partial charge in [0.15, 0.2) is 0 Å². The van der Waals surface area contributed by atoms with Crippen molar-refractivity contribution in [3.8, 4) is 0 Å². The molecular weight excluding hydrogens is 398 g/mol. The maximum atomic E-state index is 13.0. The van der Waals surface area contributed by atoms with Gasteiger partial charge in [0.2, 0.25) is 11.8 Å². The third kappa shape index (κ3) is 5.58. The number of piperazine rings is 1. The van der Waals surface area contributed by atoms with Crippen LogP contribution < -0.4 is 0 Å². The first-order valence-electron chi connectivity index (χ1n) is 13.3. The van der Waals surface area contributed by atoms with Crippen molar-refractivity contribution in [3.63, 3.8) is 0 Å². The molecule has 4 aliphatic rings. The number of hydrogen-bond acceptors (Lipinski definition) is 3. The number of hydrogen-bond donors (Lipinski definition) is 0. The molecule has 0 N–H and O–H groups in total. The van der Waals surface area contributed by atoms with Gasteiger partial charge in [-0.1, -0.05) is 25.5 Å². The van der Waals surface area contributed by atoms with Crippen molar-refractivity contribution in [1.29, 1.82) is 0 Å². The van der Waals surface area contributed by atoms with Gasteiger partial charge in [-0.05, 0) is 75.0 Å². The van der Waals surface area contributed by atoms with Crippen LogP contribution in [0.4, 0.5) is 0 Å². The topological polar surface area (TPSA) is 43.9 Å². The summed E-state index contributed by atoms with van der Waals surface area (Å²) in [5, 5.41) is 0. The van der Waals surface area contributed by atoms with E-state index in [9.17, 15) is 9.59 Å². The second-order valence-electron chi connectivity index (χ2n) is 11.5. The maximum absolute atomic E-state index is 13.0. The first-order chi connectivity index (χ1) is 15.3. The first kappa shape index (κ1) is 23.8. The summed E-state index contributed by atoms with van der Waals surface area (Å²) in [6.07, 6.45) is 13.2. The van der Waals surface area contributed by atoms with Gasteiger partial charge in [0.1, 0.15) is 0 Å². The molecule has 1 spiro atoms. The summed E-state index contributed by atoms with van der Waals surface area (Å²) < 4.78 is 0. The van der Waals surface area contributed by atoms with Gasteiger partial charge in [0.05, 0.1) is 0 Å². The molecule has 0 aromatic rings. The fourth-order valence-electron chi connectivity index (χ4n) is 6.65. The zero-order valence-corrected chi connectivity index (χ0v) is 20.8. The number of amides is 2. The minimum absolute atomic E-state index is 0.216. The van der Waals surface area contributed by atoms with E-state index in [0.717, 1.165) is 64.4 Å². The molecule has 2 aliphatic heterocycles. The Labute approximate surface area is 195 Å². The van der Waals surface area contributed by atoms with Crippen molar-refractivity contribution in [2.75, 3.05) is 45.8 Å². The SMILES string of the molecule is CC(=O)N1CCC2(CCC(CN3CCN(C(=O)C4CC=C(C(C)C)CC4)CC3)CC2)CC1. The van der Waals surface area contributed by atoms with Crippen LogP contribution in [0.1, 0.15) is 78.6 Å². The summed E-state index contributed by atoms with van der Waals surface area (Å²) in [4.78, 5) is 31.4. The molecule has 1 saturated carbocycles. The fourth-order valence-corrected chi connectivity index (χ4v) is 6.65. The van der Waals surface area contributed by atoms with E-state index in [-0.39, 0.29) is 11.8 Å². The number of allylic oxidation sites excluding steroid dienone is 2. The Bertz CT molecular complexity index is 690. The molecule has 5 heteroatoms. The third-order valence-electron chi connectivity index (χ3n) is 9.17. The minimum atomic E-state index is 0.216. The highest BCUT2D eigenvalue weighted by Crippen LogP contribution is 2.46. The van der Waals surface area contributed by atoms with E-state index in [1.54, 1.807) is 6.92 Å². The Morgan fingerprint density at radius 1 is 0.938 bits per heavy atom. The fraction of sp³-hybridized carbons (Fsp3) is 0.852. The van der Waals surface area contributed by atoms with Gasteiger partial charge in [0.25, 0.3) is 0 Å². The average Bonchev–Trinajstić information content (AvgIpc) is 2.81. The van der Waals surface area contributed by atoms with Crippen molar-refractivity contribution in [3.05, 3.63) is 11.6 Å². The van der Waals surface area contributed by atoms with Crippen LogP contribution in [0, 0.1) is 23.2 Å². The summed E-state index contributed by atoms with van der Waals surface area (Å²) in [5.74, 6) is 2.30. The van der Waals surface area contributed by atoms with Crippen LogP contribution in [0.3, 0.4) is 0 Å². The van der Waals surface area contributed by atoms with E-state index in [4.69, 9.17) is 0 Å². The molecule has 180 valence electrons. The van der Waals surface area contributed by atoms with Crippen LogP contribution in [-0.4, -0.2) is 72.3 Å². The quantitative estimate of drug-likeness (QED) is 0.608. The predicted molar refractivity (Wildman–Crippen MR) is 129 cm³/mol. The van der Waals surface area contributed by atoms with Gasteiger partial charge in [-0.15, -0.1) is 0 Å². The van der Waals surface area contributed by atoms with Gasteiger partial charge in [0, 0.05) is 58.7 Å². The lowest BCUT2D eigenvalue weighted by molar-refractivity contribution is -0.138. The molecule has 2 aliphatic carbocycles. The average molecular weight is 444 g/mol.